The number of carbonyl (C=O) groups excluding carboxylic acids is 1. The van der Waals surface area contributed by atoms with Crippen molar-refractivity contribution in [2.45, 2.75) is 37.8 Å². The van der Waals surface area contributed by atoms with Crippen molar-refractivity contribution in [3.8, 4) is 11.5 Å². The second-order valence-electron chi connectivity index (χ2n) is 7.83. The summed E-state index contributed by atoms with van der Waals surface area (Å²) >= 11 is 11.9. The highest BCUT2D eigenvalue weighted by molar-refractivity contribution is 6.30. The predicted octanol–water partition coefficient (Wildman–Crippen LogP) is 4.32. The molecule has 2 N–H and O–H groups in total. The van der Waals surface area contributed by atoms with Crippen LogP contribution in [-0.4, -0.2) is 48.5 Å². The number of rotatable bonds is 6. The van der Waals surface area contributed by atoms with Gasteiger partial charge in [0.05, 0.1) is 12.4 Å². The van der Waals surface area contributed by atoms with Crippen LogP contribution < -0.4 is 14.8 Å². The van der Waals surface area contributed by atoms with Crippen molar-refractivity contribution in [3.05, 3.63) is 58.1 Å². The number of hydrogen-bond acceptors (Lipinski definition) is 4. The molecule has 0 bridgehead atoms. The van der Waals surface area contributed by atoms with Gasteiger partial charge in [0, 0.05) is 42.0 Å². The van der Waals surface area contributed by atoms with Gasteiger partial charge in [-0.25, -0.2) is 0 Å². The Morgan fingerprint density at radius 3 is 2.58 bits per heavy atom. The van der Waals surface area contributed by atoms with Gasteiger partial charge in [0.15, 0.2) is 6.10 Å². The molecule has 0 aromatic heterocycles. The van der Waals surface area contributed by atoms with Gasteiger partial charge in [0.2, 0.25) is 0 Å². The van der Waals surface area contributed by atoms with E-state index in [1.807, 2.05) is 24.3 Å². The third-order valence-corrected chi connectivity index (χ3v) is 6.12. The number of halogens is 2. The fraction of sp³-hybridized carbons (Fsp3) is 0.391. The van der Waals surface area contributed by atoms with Crippen LogP contribution in [0.3, 0.4) is 0 Å². The molecule has 2 heterocycles. The Kier molecular flexibility index (Phi) is 6.88. The highest BCUT2D eigenvalue weighted by atomic mass is 35.5. The Morgan fingerprint density at radius 1 is 1.13 bits per heavy atom. The molecule has 1 unspecified atom stereocenters. The second-order valence-corrected chi connectivity index (χ2v) is 8.70. The SMILES string of the molecule is N=C(CCOc1ccc(Cl)cc1)N1CCC(NC(=O)C2Cc3cc(Cl)ccc3O2)CC1. The molecule has 2 aliphatic heterocycles. The lowest BCUT2D eigenvalue weighted by molar-refractivity contribution is -0.128. The largest absolute Gasteiger partial charge is 0.493 e. The Balaban J connectivity index is 1.17. The lowest BCUT2D eigenvalue weighted by atomic mass is 10.0. The first kappa shape index (κ1) is 21.8. The first-order valence-electron chi connectivity index (χ1n) is 10.4. The minimum absolute atomic E-state index is 0.0859. The molecule has 2 aromatic carbocycles. The van der Waals surface area contributed by atoms with E-state index in [2.05, 4.69) is 10.2 Å². The fourth-order valence-corrected chi connectivity index (χ4v) is 4.23. The van der Waals surface area contributed by atoms with Gasteiger partial charge < -0.3 is 19.7 Å². The minimum atomic E-state index is -0.505. The molecule has 6 nitrogen and oxygen atoms in total. The lowest BCUT2D eigenvalue weighted by Gasteiger charge is -2.34. The zero-order valence-corrected chi connectivity index (χ0v) is 18.6. The molecule has 1 fully saturated rings. The van der Waals surface area contributed by atoms with Crippen LogP contribution in [0.1, 0.15) is 24.8 Å². The molecule has 1 amide bonds. The van der Waals surface area contributed by atoms with Crippen molar-refractivity contribution in [2.75, 3.05) is 19.7 Å². The van der Waals surface area contributed by atoms with E-state index < -0.39 is 6.10 Å². The van der Waals surface area contributed by atoms with E-state index in [9.17, 15) is 4.79 Å². The maximum atomic E-state index is 12.6. The molecule has 1 saturated heterocycles. The van der Waals surface area contributed by atoms with Gasteiger partial charge in [-0.2, -0.15) is 0 Å². The van der Waals surface area contributed by atoms with Crippen molar-refractivity contribution in [1.29, 1.82) is 5.41 Å². The average molecular weight is 462 g/mol. The number of ether oxygens (including phenoxy) is 2. The van der Waals surface area contributed by atoms with Crippen LogP contribution in [0.2, 0.25) is 10.0 Å². The first-order chi connectivity index (χ1) is 15.0. The Morgan fingerprint density at radius 2 is 1.84 bits per heavy atom. The zero-order chi connectivity index (χ0) is 21.8. The van der Waals surface area contributed by atoms with E-state index >= 15 is 0 Å². The number of nitrogens with zero attached hydrogens (tertiary/aromatic N) is 1. The molecular formula is C23H25Cl2N3O3. The summed E-state index contributed by atoms with van der Waals surface area (Å²) in [4.78, 5) is 14.7. The van der Waals surface area contributed by atoms with Crippen LogP contribution in [0.25, 0.3) is 0 Å². The quantitative estimate of drug-likeness (QED) is 0.495. The second kappa shape index (κ2) is 9.79. The van der Waals surface area contributed by atoms with Gasteiger partial charge in [0.1, 0.15) is 11.5 Å². The number of carbonyl (C=O) groups is 1. The molecule has 2 aromatic rings. The molecular weight excluding hydrogens is 437 g/mol. The molecule has 1 atom stereocenters. The molecule has 2 aliphatic rings. The number of amides is 1. The van der Waals surface area contributed by atoms with E-state index in [1.54, 1.807) is 18.2 Å². The van der Waals surface area contributed by atoms with Gasteiger partial charge in [-0.3, -0.25) is 10.2 Å². The third kappa shape index (κ3) is 5.63. The zero-order valence-electron chi connectivity index (χ0n) is 17.1. The van der Waals surface area contributed by atoms with Crippen LogP contribution in [0.4, 0.5) is 0 Å². The number of likely N-dealkylation sites (tertiary alicyclic amines) is 1. The highest BCUT2D eigenvalue weighted by Gasteiger charge is 2.31. The van der Waals surface area contributed by atoms with Gasteiger partial charge in [0.25, 0.3) is 5.91 Å². The standard InChI is InChI=1S/C23H25Cl2N3O3/c24-16-1-4-19(5-2-16)30-12-9-22(26)28-10-7-18(8-11-28)27-23(29)21-14-15-13-17(25)3-6-20(15)31-21/h1-6,13,18,21,26H,7-12,14H2,(H,27,29). The summed E-state index contributed by atoms with van der Waals surface area (Å²) in [5.41, 5.74) is 0.969. The smallest absolute Gasteiger partial charge is 0.261 e. The maximum Gasteiger partial charge on any atom is 0.261 e. The fourth-order valence-electron chi connectivity index (χ4n) is 3.91. The highest BCUT2D eigenvalue weighted by Crippen LogP contribution is 2.31. The van der Waals surface area contributed by atoms with Gasteiger partial charge in [-0.05, 0) is 60.9 Å². The Bertz CT molecular complexity index is 944. The molecule has 0 spiro atoms. The molecule has 164 valence electrons. The first-order valence-corrected chi connectivity index (χ1v) is 11.2. The number of piperidine rings is 1. The summed E-state index contributed by atoms with van der Waals surface area (Å²) in [7, 11) is 0. The van der Waals surface area contributed by atoms with E-state index in [1.165, 1.54) is 0 Å². The van der Waals surface area contributed by atoms with E-state index in [4.69, 9.17) is 38.1 Å². The van der Waals surface area contributed by atoms with Crippen LogP contribution in [0.15, 0.2) is 42.5 Å². The van der Waals surface area contributed by atoms with Crippen molar-refractivity contribution < 1.29 is 14.3 Å². The van der Waals surface area contributed by atoms with Gasteiger partial charge in [-0.1, -0.05) is 23.2 Å². The summed E-state index contributed by atoms with van der Waals surface area (Å²) < 4.78 is 11.5. The summed E-state index contributed by atoms with van der Waals surface area (Å²) in [6.07, 6.45) is 2.18. The summed E-state index contributed by atoms with van der Waals surface area (Å²) in [5.74, 6) is 1.95. The number of amidine groups is 1. The third-order valence-electron chi connectivity index (χ3n) is 5.63. The molecule has 0 saturated carbocycles. The number of fused-ring (bicyclic) bond motifs is 1. The lowest BCUT2D eigenvalue weighted by Crippen LogP contribution is -2.49. The maximum absolute atomic E-state index is 12.6. The molecule has 8 heteroatoms. The van der Waals surface area contributed by atoms with Crippen LogP contribution in [0, 0.1) is 5.41 Å². The Hall–Kier alpha value is -2.44. The van der Waals surface area contributed by atoms with Crippen LogP contribution in [-0.2, 0) is 11.2 Å². The van der Waals surface area contributed by atoms with Crippen molar-refractivity contribution in [1.82, 2.24) is 10.2 Å². The van der Waals surface area contributed by atoms with Crippen LogP contribution >= 0.6 is 23.2 Å². The topological polar surface area (TPSA) is 74.7 Å². The predicted molar refractivity (Wildman–Crippen MR) is 122 cm³/mol. The molecule has 31 heavy (non-hydrogen) atoms. The average Bonchev–Trinajstić information content (AvgIpc) is 3.19. The Labute approximate surface area is 191 Å². The van der Waals surface area contributed by atoms with E-state index in [0.29, 0.717) is 35.3 Å². The summed E-state index contributed by atoms with van der Waals surface area (Å²) in [6.45, 7) is 1.93. The van der Waals surface area contributed by atoms with Gasteiger partial charge in [-0.15, -0.1) is 0 Å². The molecule has 0 radical (unpaired) electrons. The van der Waals surface area contributed by atoms with E-state index in [-0.39, 0.29) is 11.9 Å². The number of hydrogen-bond donors (Lipinski definition) is 2. The van der Waals surface area contributed by atoms with Crippen molar-refractivity contribution in [3.63, 3.8) is 0 Å². The van der Waals surface area contributed by atoms with E-state index in [0.717, 1.165) is 43.0 Å². The van der Waals surface area contributed by atoms with Crippen molar-refractivity contribution in [2.24, 2.45) is 0 Å². The molecule has 0 aliphatic carbocycles. The summed E-state index contributed by atoms with van der Waals surface area (Å²) in [5, 5.41) is 12.8. The normalized spacial score (nSPS) is 18.3. The number of benzene rings is 2. The minimum Gasteiger partial charge on any atom is -0.493 e. The van der Waals surface area contributed by atoms with Crippen molar-refractivity contribution >= 4 is 34.9 Å². The summed E-state index contributed by atoms with van der Waals surface area (Å²) in [6, 6.07) is 12.7. The monoisotopic (exact) mass is 461 g/mol. The van der Waals surface area contributed by atoms with Crippen LogP contribution in [0.5, 0.6) is 11.5 Å². The van der Waals surface area contributed by atoms with Gasteiger partial charge >= 0.3 is 0 Å². The molecule has 4 rings (SSSR count). The number of nitrogens with one attached hydrogen (secondary N) is 2.